The number of benzene rings is 1. The Morgan fingerprint density at radius 3 is 2.89 bits per heavy atom. The molecular weight excluding hydrogens is 228 g/mol. The van der Waals surface area contributed by atoms with Crippen molar-refractivity contribution in [3.8, 4) is 6.07 Å². The van der Waals surface area contributed by atoms with Crippen molar-refractivity contribution in [3.63, 3.8) is 0 Å². The molecule has 0 saturated heterocycles. The molecule has 4 nitrogen and oxygen atoms in total. The average Bonchev–Trinajstić information content (AvgIpc) is 2.81. The molecule has 0 bridgehead atoms. The second-order valence-electron chi connectivity index (χ2n) is 4.00. The Labute approximate surface area is 106 Å². The topological polar surface area (TPSA) is 47.2 Å². The molecule has 0 N–H and O–H groups in total. The van der Waals surface area contributed by atoms with Gasteiger partial charge in [-0.2, -0.15) is 5.26 Å². The lowest BCUT2D eigenvalue weighted by Gasteiger charge is -2.06. The zero-order chi connectivity index (χ0) is 12.8. The highest BCUT2D eigenvalue weighted by Crippen LogP contribution is 2.17. The van der Waals surface area contributed by atoms with Crippen LogP contribution in [0.2, 0.25) is 0 Å². The first-order valence-corrected chi connectivity index (χ1v) is 5.91. The quantitative estimate of drug-likeness (QED) is 0.732. The molecule has 0 amide bonds. The fourth-order valence-electron chi connectivity index (χ4n) is 1.86. The molecule has 18 heavy (non-hydrogen) atoms. The normalized spacial score (nSPS) is 10.7. The number of rotatable bonds is 6. The highest BCUT2D eigenvalue weighted by atomic mass is 16.5. The van der Waals surface area contributed by atoms with Gasteiger partial charge in [0.25, 0.3) is 0 Å². The standard InChI is InChI=1S/C14H16N2O2/c1-17-8-9-18-7-6-16-5-4-13-3-2-12(11-15)10-14(13)16/h2-5,10H,6-9H2,1H3. The summed E-state index contributed by atoms with van der Waals surface area (Å²) >= 11 is 0. The number of fused-ring (bicyclic) bond motifs is 1. The third-order valence-corrected chi connectivity index (χ3v) is 2.81. The van der Waals surface area contributed by atoms with Crippen LogP contribution in [-0.2, 0) is 16.0 Å². The van der Waals surface area contributed by atoms with Crippen LogP contribution in [0.25, 0.3) is 10.9 Å². The van der Waals surface area contributed by atoms with Crippen LogP contribution < -0.4 is 0 Å². The summed E-state index contributed by atoms with van der Waals surface area (Å²) in [6.45, 7) is 2.65. The van der Waals surface area contributed by atoms with Crippen LogP contribution in [0.5, 0.6) is 0 Å². The molecule has 0 aliphatic carbocycles. The SMILES string of the molecule is COCCOCCn1ccc2ccc(C#N)cc21. The zero-order valence-electron chi connectivity index (χ0n) is 10.4. The summed E-state index contributed by atoms with van der Waals surface area (Å²) in [5, 5.41) is 10.0. The van der Waals surface area contributed by atoms with E-state index in [0.717, 1.165) is 17.4 Å². The Kier molecular flexibility index (Phi) is 4.35. The number of aromatic nitrogens is 1. The van der Waals surface area contributed by atoms with Gasteiger partial charge in [-0.1, -0.05) is 6.07 Å². The van der Waals surface area contributed by atoms with E-state index in [4.69, 9.17) is 14.7 Å². The maximum Gasteiger partial charge on any atom is 0.0992 e. The van der Waals surface area contributed by atoms with E-state index in [2.05, 4.69) is 10.6 Å². The van der Waals surface area contributed by atoms with Gasteiger partial charge in [0, 0.05) is 25.4 Å². The van der Waals surface area contributed by atoms with Gasteiger partial charge in [0.15, 0.2) is 0 Å². The van der Waals surface area contributed by atoms with Gasteiger partial charge in [0.05, 0.1) is 31.5 Å². The van der Waals surface area contributed by atoms with Gasteiger partial charge in [-0.3, -0.25) is 0 Å². The molecular formula is C14H16N2O2. The van der Waals surface area contributed by atoms with E-state index < -0.39 is 0 Å². The van der Waals surface area contributed by atoms with Crippen molar-refractivity contribution >= 4 is 10.9 Å². The van der Waals surface area contributed by atoms with Crippen LogP contribution >= 0.6 is 0 Å². The summed E-state index contributed by atoms with van der Waals surface area (Å²) in [7, 11) is 1.66. The monoisotopic (exact) mass is 244 g/mol. The van der Waals surface area contributed by atoms with E-state index in [9.17, 15) is 0 Å². The second kappa shape index (κ2) is 6.20. The van der Waals surface area contributed by atoms with Crippen molar-refractivity contribution in [1.82, 2.24) is 4.57 Å². The molecule has 2 aromatic rings. The molecule has 0 atom stereocenters. The van der Waals surface area contributed by atoms with Crippen molar-refractivity contribution in [2.24, 2.45) is 0 Å². The first kappa shape index (κ1) is 12.6. The molecule has 0 aliphatic heterocycles. The Hall–Kier alpha value is -1.83. The van der Waals surface area contributed by atoms with Gasteiger partial charge >= 0.3 is 0 Å². The Morgan fingerprint density at radius 1 is 1.22 bits per heavy atom. The maximum absolute atomic E-state index is 8.90. The summed E-state index contributed by atoms with van der Waals surface area (Å²) in [5.41, 5.74) is 1.76. The second-order valence-corrected chi connectivity index (χ2v) is 4.00. The number of methoxy groups -OCH3 is 1. The molecule has 0 unspecified atom stereocenters. The van der Waals surface area contributed by atoms with E-state index in [1.807, 2.05) is 30.5 Å². The van der Waals surface area contributed by atoms with E-state index in [1.54, 1.807) is 7.11 Å². The lowest BCUT2D eigenvalue weighted by Crippen LogP contribution is -2.08. The first-order chi connectivity index (χ1) is 8.85. The largest absolute Gasteiger partial charge is 0.382 e. The number of nitriles is 1. The molecule has 0 saturated carbocycles. The van der Waals surface area contributed by atoms with Crippen LogP contribution in [0.1, 0.15) is 5.56 Å². The Morgan fingerprint density at radius 2 is 2.11 bits per heavy atom. The van der Waals surface area contributed by atoms with Gasteiger partial charge in [0.1, 0.15) is 0 Å². The molecule has 0 fully saturated rings. The lowest BCUT2D eigenvalue weighted by molar-refractivity contribution is 0.0670. The van der Waals surface area contributed by atoms with Crippen LogP contribution in [0, 0.1) is 11.3 Å². The fraction of sp³-hybridized carbons (Fsp3) is 0.357. The van der Waals surface area contributed by atoms with Gasteiger partial charge in [0.2, 0.25) is 0 Å². The van der Waals surface area contributed by atoms with Crippen molar-refractivity contribution in [1.29, 1.82) is 5.26 Å². The molecule has 4 heteroatoms. The van der Waals surface area contributed by atoms with Crippen LogP contribution in [0.15, 0.2) is 30.5 Å². The summed E-state index contributed by atoms with van der Waals surface area (Å²) in [6.07, 6.45) is 2.02. The number of hydrogen-bond acceptors (Lipinski definition) is 3. The molecule has 0 aliphatic rings. The molecule has 1 aromatic heterocycles. The minimum atomic E-state index is 0.610. The van der Waals surface area contributed by atoms with Crippen molar-refractivity contribution in [3.05, 3.63) is 36.0 Å². The van der Waals surface area contributed by atoms with Crippen LogP contribution in [0.4, 0.5) is 0 Å². The van der Waals surface area contributed by atoms with Crippen molar-refractivity contribution < 1.29 is 9.47 Å². The minimum absolute atomic E-state index is 0.610. The van der Waals surface area contributed by atoms with Gasteiger partial charge in [-0.05, 0) is 23.6 Å². The van der Waals surface area contributed by atoms with E-state index in [0.29, 0.717) is 25.4 Å². The molecule has 2 rings (SSSR count). The third-order valence-electron chi connectivity index (χ3n) is 2.81. The summed E-state index contributed by atoms with van der Waals surface area (Å²) in [5.74, 6) is 0. The Bertz CT molecular complexity index is 554. The fourth-order valence-corrected chi connectivity index (χ4v) is 1.86. The molecule has 1 aromatic carbocycles. The van der Waals surface area contributed by atoms with E-state index in [-0.39, 0.29) is 0 Å². The van der Waals surface area contributed by atoms with Gasteiger partial charge in [-0.25, -0.2) is 0 Å². The maximum atomic E-state index is 8.90. The summed E-state index contributed by atoms with van der Waals surface area (Å²) in [4.78, 5) is 0. The highest BCUT2D eigenvalue weighted by Gasteiger charge is 2.02. The first-order valence-electron chi connectivity index (χ1n) is 5.91. The zero-order valence-corrected chi connectivity index (χ0v) is 10.4. The highest BCUT2D eigenvalue weighted by molar-refractivity contribution is 5.81. The predicted octanol–water partition coefficient (Wildman–Crippen LogP) is 2.18. The smallest absolute Gasteiger partial charge is 0.0992 e. The number of hydrogen-bond donors (Lipinski definition) is 0. The molecule has 94 valence electrons. The summed E-state index contributed by atoms with van der Waals surface area (Å²) in [6, 6.07) is 9.92. The minimum Gasteiger partial charge on any atom is -0.382 e. The van der Waals surface area contributed by atoms with E-state index >= 15 is 0 Å². The number of nitrogens with zero attached hydrogens (tertiary/aromatic N) is 2. The molecule has 0 spiro atoms. The molecule has 0 radical (unpaired) electrons. The van der Waals surface area contributed by atoms with Crippen molar-refractivity contribution in [2.45, 2.75) is 6.54 Å². The predicted molar refractivity (Wildman–Crippen MR) is 69.3 cm³/mol. The Balaban J connectivity index is 2.02. The molecule has 1 heterocycles. The third kappa shape index (κ3) is 2.89. The average molecular weight is 244 g/mol. The lowest BCUT2D eigenvalue weighted by atomic mass is 10.2. The number of ether oxygens (including phenoxy) is 2. The van der Waals surface area contributed by atoms with E-state index in [1.165, 1.54) is 0 Å². The van der Waals surface area contributed by atoms with Gasteiger partial charge in [-0.15, -0.1) is 0 Å². The van der Waals surface area contributed by atoms with Crippen LogP contribution in [0.3, 0.4) is 0 Å². The van der Waals surface area contributed by atoms with Gasteiger partial charge < -0.3 is 14.0 Å². The van der Waals surface area contributed by atoms with Crippen molar-refractivity contribution in [2.75, 3.05) is 26.9 Å². The van der Waals surface area contributed by atoms with Crippen LogP contribution in [-0.4, -0.2) is 31.5 Å². The summed E-state index contributed by atoms with van der Waals surface area (Å²) < 4.78 is 12.5.